The molecule has 168 valence electrons. The van der Waals surface area contributed by atoms with Crippen LogP contribution in [0, 0.1) is 0 Å². The molecule has 0 spiro atoms. The molecule has 0 bridgehead atoms. The van der Waals surface area contributed by atoms with E-state index in [1.165, 1.54) is 0 Å². The molecule has 2 N–H and O–H groups in total. The van der Waals surface area contributed by atoms with Crippen LogP contribution >= 0.6 is 11.6 Å². The molecular weight excluding hydrogens is 438 g/mol. The zero-order chi connectivity index (χ0) is 22.8. The lowest BCUT2D eigenvalue weighted by molar-refractivity contribution is 0.0942. The molecular formula is C24H24ClN7O. The van der Waals surface area contributed by atoms with Gasteiger partial charge in [-0.25, -0.2) is 0 Å². The molecule has 0 saturated carbocycles. The molecule has 1 aromatic carbocycles. The van der Waals surface area contributed by atoms with Gasteiger partial charge in [-0.1, -0.05) is 29.8 Å². The van der Waals surface area contributed by atoms with E-state index in [4.69, 9.17) is 11.6 Å². The molecule has 1 aliphatic rings. The summed E-state index contributed by atoms with van der Waals surface area (Å²) in [6.07, 6.45) is 6.17. The highest BCUT2D eigenvalue weighted by atomic mass is 35.5. The van der Waals surface area contributed by atoms with Crippen LogP contribution < -0.4 is 5.32 Å². The number of rotatable bonds is 6. The van der Waals surface area contributed by atoms with Crippen LogP contribution in [-0.4, -0.2) is 42.3 Å². The maximum atomic E-state index is 12.9. The second-order valence-electron chi connectivity index (χ2n) is 8.18. The van der Waals surface area contributed by atoms with Crippen molar-refractivity contribution in [3.8, 4) is 11.3 Å². The molecule has 0 fully saturated rings. The van der Waals surface area contributed by atoms with Gasteiger partial charge in [-0.15, -0.1) is 0 Å². The Balaban J connectivity index is 1.32. The number of nitrogens with zero attached hydrogens (tertiary/aromatic N) is 5. The predicted octanol–water partition coefficient (Wildman–Crippen LogP) is 3.35. The summed E-state index contributed by atoms with van der Waals surface area (Å²) in [5, 5.41) is 15.6. The van der Waals surface area contributed by atoms with Crippen molar-refractivity contribution >= 4 is 17.5 Å². The zero-order valence-corrected chi connectivity index (χ0v) is 19.0. The van der Waals surface area contributed by atoms with Crippen LogP contribution in [-0.2, 0) is 33.1 Å². The van der Waals surface area contributed by atoms with Gasteiger partial charge >= 0.3 is 0 Å². The third kappa shape index (κ3) is 4.53. The number of nitrogens with one attached hydrogen (secondary N) is 2. The molecule has 1 amide bonds. The molecule has 4 heterocycles. The summed E-state index contributed by atoms with van der Waals surface area (Å²) in [5.74, 6) is -0.164. The number of pyridine rings is 1. The summed E-state index contributed by atoms with van der Waals surface area (Å²) >= 11 is 6.04. The lowest BCUT2D eigenvalue weighted by Gasteiger charge is -2.27. The summed E-state index contributed by atoms with van der Waals surface area (Å²) in [7, 11) is 1.90. The average molecular weight is 462 g/mol. The van der Waals surface area contributed by atoms with Crippen LogP contribution in [0.3, 0.4) is 0 Å². The minimum Gasteiger partial charge on any atom is -0.346 e. The van der Waals surface area contributed by atoms with Crippen molar-refractivity contribution in [2.45, 2.75) is 26.1 Å². The molecule has 0 radical (unpaired) electrons. The molecule has 4 aromatic rings. The summed E-state index contributed by atoms with van der Waals surface area (Å²) in [5.41, 5.74) is 6.68. The van der Waals surface area contributed by atoms with Crippen molar-refractivity contribution in [3.63, 3.8) is 0 Å². The van der Waals surface area contributed by atoms with Crippen molar-refractivity contribution in [1.29, 1.82) is 0 Å². The van der Waals surface area contributed by atoms with Crippen LogP contribution in [0.2, 0.25) is 5.02 Å². The number of H-pyrrole nitrogens is 1. The predicted molar refractivity (Wildman–Crippen MR) is 125 cm³/mol. The number of aryl methyl sites for hydroxylation is 1. The van der Waals surface area contributed by atoms with Crippen molar-refractivity contribution < 1.29 is 4.79 Å². The Morgan fingerprint density at radius 2 is 2.06 bits per heavy atom. The number of amides is 1. The van der Waals surface area contributed by atoms with E-state index in [1.54, 1.807) is 12.4 Å². The number of carbonyl (C=O) groups excluding carboxylic acids is 1. The minimum atomic E-state index is -0.164. The van der Waals surface area contributed by atoms with Gasteiger partial charge in [0.1, 0.15) is 0 Å². The molecule has 8 nitrogen and oxygen atoms in total. The first-order valence-electron chi connectivity index (χ1n) is 10.8. The fourth-order valence-corrected chi connectivity index (χ4v) is 4.40. The van der Waals surface area contributed by atoms with E-state index in [0.29, 0.717) is 23.8 Å². The van der Waals surface area contributed by atoms with Crippen molar-refractivity contribution in [2.24, 2.45) is 7.05 Å². The highest BCUT2D eigenvalue weighted by Crippen LogP contribution is 2.27. The Kier molecular flexibility index (Phi) is 5.93. The smallest absolute Gasteiger partial charge is 0.272 e. The van der Waals surface area contributed by atoms with Crippen molar-refractivity contribution in [3.05, 3.63) is 88.1 Å². The first kappa shape index (κ1) is 21.4. The van der Waals surface area contributed by atoms with Crippen molar-refractivity contribution in [1.82, 2.24) is 35.2 Å². The Morgan fingerprint density at radius 3 is 2.85 bits per heavy atom. The molecule has 3 aromatic heterocycles. The third-order valence-electron chi connectivity index (χ3n) is 5.96. The first-order valence-corrected chi connectivity index (χ1v) is 11.2. The Hall–Kier alpha value is -3.49. The van der Waals surface area contributed by atoms with Gasteiger partial charge in [0.2, 0.25) is 0 Å². The van der Waals surface area contributed by atoms with Crippen LogP contribution in [0.5, 0.6) is 0 Å². The molecule has 1 aliphatic heterocycles. The van der Waals surface area contributed by atoms with E-state index in [0.717, 1.165) is 53.2 Å². The monoisotopic (exact) mass is 461 g/mol. The molecule has 0 atom stereocenters. The van der Waals surface area contributed by atoms with E-state index in [1.807, 2.05) is 54.3 Å². The van der Waals surface area contributed by atoms with Crippen LogP contribution in [0.4, 0.5) is 0 Å². The second-order valence-corrected chi connectivity index (χ2v) is 8.62. The third-order valence-corrected chi connectivity index (χ3v) is 6.21. The number of carbonyl (C=O) groups is 1. The highest BCUT2D eigenvalue weighted by Gasteiger charge is 2.27. The number of fused-ring (bicyclic) bond motifs is 1. The van der Waals surface area contributed by atoms with Gasteiger partial charge in [0.25, 0.3) is 5.91 Å². The van der Waals surface area contributed by atoms with Crippen molar-refractivity contribution in [2.75, 3.05) is 6.54 Å². The normalized spacial score (nSPS) is 13.6. The van der Waals surface area contributed by atoms with Gasteiger partial charge in [-0.2, -0.15) is 10.2 Å². The first-order chi connectivity index (χ1) is 16.1. The van der Waals surface area contributed by atoms with E-state index < -0.39 is 0 Å². The van der Waals surface area contributed by atoms with Gasteiger partial charge in [-0.3, -0.25) is 24.5 Å². The minimum absolute atomic E-state index is 0.164. The lowest BCUT2D eigenvalue weighted by Crippen LogP contribution is -2.32. The largest absolute Gasteiger partial charge is 0.346 e. The number of hydrogen-bond donors (Lipinski definition) is 2. The molecule has 33 heavy (non-hydrogen) atoms. The van der Waals surface area contributed by atoms with E-state index >= 15 is 0 Å². The molecule has 0 aliphatic carbocycles. The molecule has 5 rings (SSSR count). The Morgan fingerprint density at radius 1 is 1.21 bits per heavy atom. The molecule has 0 saturated heterocycles. The fourth-order valence-electron chi connectivity index (χ4n) is 4.27. The number of aromatic nitrogens is 5. The number of aromatic amines is 1. The fraction of sp³-hybridized carbons (Fsp3) is 0.250. The number of hydrogen-bond acceptors (Lipinski definition) is 5. The topological polar surface area (TPSA) is 91.7 Å². The highest BCUT2D eigenvalue weighted by molar-refractivity contribution is 6.30. The SMILES string of the molecule is Cn1nc(C(=O)NCc2cccnc2)c2c1CCN(Cc1cn[nH]c1-c1ccc(Cl)cc1)C2. The number of benzene rings is 1. The number of halogens is 1. The summed E-state index contributed by atoms with van der Waals surface area (Å²) in [6.45, 7) is 2.68. The maximum absolute atomic E-state index is 12.9. The zero-order valence-electron chi connectivity index (χ0n) is 18.3. The lowest BCUT2D eigenvalue weighted by atomic mass is 10.0. The summed E-state index contributed by atoms with van der Waals surface area (Å²) in [6, 6.07) is 11.5. The average Bonchev–Trinajstić information content (AvgIpc) is 3.43. The summed E-state index contributed by atoms with van der Waals surface area (Å²) in [4.78, 5) is 19.4. The standard InChI is InChI=1S/C24H24ClN7O/c1-31-21-8-10-32(14-18-13-28-29-22(18)17-4-6-19(25)7-5-17)15-20(21)23(30-31)24(33)27-12-16-3-2-9-26-11-16/h2-7,9,11,13H,8,10,12,14-15H2,1H3,(H,27,33)(H,28,29). The van der Waals surface area contributed by atoms with Gasteiger partial charge < -0.3 is 5.32 Å². The molecule has 0 unspecified atom stereocenters. The Bertz CT molecular complexity index is 1260. The maximum Gasteiger partial charge on any atom is 0.272 e. The Labute approximate surface area is 196 Å². The van der Waals surface area contributed by atoms with Crippen LogP contribution in [0.25, 0.3) is 11.3 Å². The molecule has 9 heteroatoms. The van der Waals surface area contributed by atoms with Crippen LogP contribution in [0.15, 0.2) is 55.0 Å². The van der Waals surface area contributed by atoms with Crippen LogP contribution in [0.1, 0.15) is 32.9 Å². The second kappa shape index (κ2) is 9.17. The van der Waals surface area contributed by atoms with E-state index in [9.17, 15) is 4.79 Å². The summed E-state index contributed by atoms with van der Waals surface area (Å²) < 4.78 is 1.84. The van der Waals surface area contributed by atoms with E-state index in [-0.39, 0.29) is 5.91 Å². The quantitative estimate of drug-likeness (QED) is 0.459. The van der Waals surface area contributed by atoms with Gasteiger partial charge in [-0.05, 0) is 29.3 Å². The van der Waals surface area contributed by atoms with E-state index in [2.05, 4.69) is 30.5 Å². The van der Waals surface area contributed by atoms with Gasteiger partial charge in [0, 0.05) is 73.9 Å². The van der Waals surface area contributed by atoms with Gasteiger partial charge in [0.15, 0.2) is 5.69 Å². The van der Waals surface area contributed by atoms with Gasteiger partial charge in [0.05, 0.1) is 11.9 Å².